The average Bonchev–Trinajstić information content (AvgIpc) is 3.17. The molecule has 2 aromatic heterocycles. The van der Waals surface area contributed by atoms with Crippen LogP contribution in [0.15, 0.2) is 97.5 Å². The summed E-state index contributed by atoms with van der Waals surface area (Å²) in [5.41, 5.74) is 7.47. The van der Waals surface area contributed by atoms with Crippen LogP contribution in [0.5, 0.6) is 28.7 Å². The van der Waals surface area contributed by atoms with E-state index >= 15 is 0 Å². The van der Waals surface area contributed by atoms with Gasteiger partial charge in [0.15, 0.2) is 11.5 Å². The fraction of sp³-hybridized carbons (Fsp3) is 0.300. The number of aromatic nitrogens is 2. The minimum absolute atomic E-state index is 0. The largest absolute Gasteiger partial charge is 0.497 e. The molecular formula is C40H47Cl3N4O5. The van der Waals surface area contributed by atoms with Gasteiger partial charge in [-0.15, -0.1) is 37.2 Å². The number of benzene rings is 3. The van der Waals surface area contributed by atoms with E-state index in [0.717, 1.165) is 84.2 Å². The number of anilines is 1. The lowest BCUT2D eigenvalue weighted by Gasteiger charge is -2.40. The Morgan fingerprint density at radius 1 is 0.654 bits per heavy atom. The van der Waals surface area contributed by atoms with Crippen molar-refractivity contribution in [1.29, 1.82) is 0 Å². The van der Waals surface area contributed by atoms with Crippen LogP contribution in [0.1, 0.15) is 24.0 Å². The molecule has 0 N–H and O–H groups in total. The Hall–Kier alpha value is -4.41. The number of ether oxygens (including phenoxy) is 5. The number of hydrogen-bond acceptors (Lipinski definition) is 9. The minimum Gasteiger partial charge on any atom is -0.497 e. The molecule has 3 heterocycles. The summed E-state index contributed by atoms with van der Waals surface area (Å²) in [6, 6.07) is 27.2. The van der Waals surface area contributed by atoms with Crippen LogP contribution < -0.4 is 28.6 Å². The van der Waals surface area contributed by atoms with Gasteiger partial charge in [-0.3, -0.25) is 14.9 Å². The molecule has 12 heteroatoms. The van der Waals surface area contributed by atoms with Crippen molar-refractivity contribution in [2.75, 3.05) is 53.5 Å². The molecule has 1 saturated heterocycles. The summed E-state index contributed by atoms with van der Waals surface area (Å²) in [6.07, 6.45) is 7.82. The Bertz CT molecular complexity index is 1830. The highest BCUT2D eigenvalue weighted by Gasteiger charge is 2.26. The lowest BCUT2D eigenvalue weighted by molar-refractivity contribution is 0.201. The van der Waals surface area contributed by atoms with Crippen LogP contribution in [0.3, 0.4) is 0 Å². The summed E-state index contributed by atoms with van der Waals surface area (Å²) in [4.78, 5) is 14.3. The Morgan fingerprint density at radius 3 is 1.98 bits per heavy atom. The number of likely N-dealkylation sites (tertiary alicyclic amines) is 1. The zero-order valence-corrected chi connectivity index (χ0v) is 32.6. The monoisotopic (exact) mass is 768 g/mol. The first-order chi connectivity index (χ1) is 24.0. The summed E-state index contributed by atoms with van der Waals surface area (Å²) in [5, 5.41) is 0. The van der Waals surface area contributed by atoms with E-state index in [1.807, 2.05) is 61.1 Å². The van der Waals surface area contributed by atoms with Crippen LogP contribution in [0, 0.1) is 0 Å². The van der Waals surface area contributed by atoms with Gasteiger partial charge in [0.2, 0.25) is 5.75 Å². The molecule has 9 nitrogen and oxygen atoms in total. The third kappa shape index (κ3) is 9.92. The fourth-order valence-corrected chi connectivity index (χ4v) is 6.54. The molecule has 0 bridgehead atoms. The van der Waals surface area contributed by atoms with Crippen molar-refractivity contribution >= 4 is 42.9 Å². The molecule has 3 aromatic carbocycles. The summed E-state index contributed by atoms with van der Waals surface area (Å²) >= 11 is 0. The van der Waals surface area contributed by atoms with Gasteiger partial charge in [0.05, 0.1) is 41.2 Å². The number of hydrogen-bond donors (Lipinski definition) is 0. The van der Waals surface area contributed by atoms with Crippen molar-refractivity contribution in [3.05, 3.63) is 109 Å². The number of pyridine rings is 2. The third-order valence-electron chi connectivity index (χ3n) is 9.14. The van der Waals surface area contributed by atoms with Crippen molar-refractivity contribution < 1.29 is 23.7 Å². The van der Waals surface area contributed by atoms with E-state index in [0.29, 0.717) is 23.3 Å². The van der Waals surface area contributed by atoms with Crippen LogP contribution in [0.25, 0.3) is 22.4 Å². The van der Waals surface area contributed by atoms with Gasteiger partial charge in [0.25, 0.3) is 0 Å². The second-order valence-corrected chi connectivity index (χ2v) is 12.1. The van der Waals surface area contributed by atoms with Gasteiger partial charge < -0.3 is 28.6 Å². The quantitative estimate of drug-likeness (QED) is 0.117. The molecule has 1 aliphatic rings. The topological polar surface area (TPSA) is 78.4 Å². The van der Waals surface area contributed by atoms with E-state index in [-0.39, 0.29) is 37.2 Å². The van der Waals surface area contributed by atoms with Crippen molar-refractivity contribution in [1.82, 2.24) is 14.9 Å². The molecular weight excluding hydrogens is 723 g/mol. The van der Waals surface area contributed by atoms with Gasteiger partial charge in [0, 0.05) is 67.6 Å². The van der Waals surface area contributed by atoms with Crippen molar-refractivity contribution in [3.63, 3.8) is 0 Å². The highest BCUT2D eigenvalue weighted by Crippen LogP contribution is 2.41. The maximum Gasteiger partial charge on any atom is 0.203 e. The maximum atomic E-state index is 5.62. The second kappa shape index (κ2) is 20.0. The van der Waals surface area contributed by atoms with E-state index in [9.17, 15) is 0 Å². The predicted octanol–water partition coefficient (Wildman–Crippen LogP) is 8.79. The van der Waals surface area contributed by atoms with E-state index in [1.165, 1.54) is 5.56 Å². The zero-order chi connectivity index (χ0) is 34.2. The molecule has 278 valence electrons. The Labute approximate surface area is 325 Å². The number of methoxy groups -OCH3 is 5. The summed E-state index contributed by atoms with van der Waals surface area (Å²) in [5.74, 6) is 3.46. The minimum atomic E-state index is 0. The summed E-state index contributed by atoms with van der Waals surface area (Å²) in [6.45, 7) is 3.60. The second-order valence-electron chi connectivity index (χ2n) is 12.1. The van der Waals surface area contributed by atoms with Crippen LogP contribution in [-0.4, -0.2) is 69.5 Å². The molecule has 52 heavy (non-hydrogen) atoms. The Balaban J connectivity index is 0.00000243. The molecule has 0 spiro atoms. The SMILES string of the molecule is COc1ccc(N(Cc2cncc(-c3cc(OC)c(OC)c(OC)c3)c2)C2CCN(Cc3ccnc(-c4cccc(OC)c4)c3)CC2)cc1.Cl.Cl.Cl. The molecule has 0 saturated carbocycles. The molecule has 1 aliphatic heterocycles. The lowest BCUT2D eigenvalue weighted by atomic mass is 9.99. The number of nitrogens with zero attached hydrogens (tertiary/aromatic N) is 4. The van der Waals surface area contributed by atoms with E-state index in [1.54, 1.807) is 35.5 Å². The van der Waals surface area contributed by atoms with Gasteiger partial charge in [-0.05, 0) is 96.3 Å². The van der Waals surface area contributed by atoms with Crippen LogP contribution >= 0.6 is 37.2 Å². The molecule has 0 atom stereocenters. The predicted molar refractivity (Wildman–Crippen MR) is 215 cm³/mol. The van der Waals surface area contributed by atoms with Gasteiger partial charge >= 0.3 is 0 Å². The van der Waals surface area contributed by atoms with Crippen molar-refractivity contribution in [3.8, 4) is 51.1 Å². The Kier molecular flexibility index (Phi) is 16.2. The maximum absolute atomic E-state index is 5.62. The van der Waals surface area contributed by atoms with Gasteiger partial charge in [-0.1, -0.05) is 12.1 Å². The summed E-state index contributed by atoms with van der Waals surface area (Å²) < 4.78 is 27.7. The average molecular weight is 770 g/mol. The van der Waals surface area contributed by atoms with E-state index in [2.05, 4.69) is 56.2 Å². The molecule has 1 fully saturated rings. The molecule has 0 radical (unpaired) electrons. The van der Waals surface area contributed by atoms with Crippen LogP contribution in [-0.2, 0) is 13.1 Å². The summed E-state index contributed by atoms with van der Waals surface area (Å²) in [7, 11) is 8.26. The highest BCUT2D eigenvalue weighted by molar-refractivity contribution is 5.86. The molecule has 5 aromatic rings. The van der Waals surface area contributed by atoms with Gasteiger partial charge in [-0.2, -0.15) is 0 Å². The van der Waals surface area contributed by atoms with Crippen molar-refractivity contribution in [2.45, 2.75) is 32.0 Å². The molecule has 6 rings (SSSR count). The first-order valence-electron chi connectivity index (χ1n) is 16.5. The highest BCUT2D eigenvalue weighted by atomic mass is 35.5. The first kappa shape index (κ1) is 42.0. The van der Waals surface area contributed by atoms with Crippen LogP contribution in [0.4, 0.5) is 5.69 Å². The van der Waals surface area contributed by atoms with Gasteiger partial charge in [-0.25, -0.2) is 0 Å². The van der Waals surface area contributed by atoms with Gasteiger partial charge in [0.1, 0.15) is 11.5 Å². The number of piperidine rings is 1. The zero-order valence-electron chi connectivity index (χ0n) is 30.1. The normalized spacial score (nSPS) is 12.7. The van der Waals surface area contributed by atoms with E-state index in [4.69, 9.17) is 23.7 Å². The molecule has 0 aliphatic carbocycles. The third-order valence-corrected chi connectivity index (χ3v) is 9.14. The van der Waals surface area contributed by atoms with Crippen LogP contribution in [0.2, 0.25) is 0 Å². The van der Waals surface area contributed by atoms with Crippen molar-refractivity contribution in [2.24, 2.45) is 0 Å². The smallest absolute Gasteiger partial charge is 0.203 e. The lowest BCUT2D eigenvalue weighted by Crippen LogP contribution is -2.44. The Morgan fingerprint density at radius 2 is 1.35 bits per heavy atom. The standard InChI is InChI=1S/C40H44N4O5.3ClH/c1-45-35-11-9-33(10-12-35)44(27-29-19-32(25-41-24-29)31-22-38(47-3)40(49-5)39(23-31)48-4)34-14-17-43(18-15-34)26-28-13-16-42-37(20-28)30-7-6-8-36(21-30)46-2;;;/h6-13,16,19-25,34H,14-15,17-18,26-27H2,1-5H3;3*1H. The number of halogens is 3. The van der Waals surface area contributed by atoms with E-state index < -0.39 is 0 Å². The first-order valence-corrected chi connectivity index (χ1v) is 16.5. The number of rotatable bonds is 13. The molecule has 0 amide bonds. The molecule has 0 unspecified atom stereocenters. The fourth-order valence-electron chi connectivity index (χ4n) is 6.54.